The molecule has 6 heteroatoms. The molecule has 5 nitrogen and oxygen atoms in total. The van der Waals surface area contributed by atoms with E-state index in [0.717, 1.165) is 0 Å². The van der Waals surface area contributed by atoms with E-state index in [0.29, 0.717) is 24.6 Å². The lowest BCUT2D eigenvalue weighted by molar-refractivity contribution is -0.121. The van der Waals surface area contributed by atoms with Crippen LogP contribution in [0.1, 0.15) is 47.1 Å². The fraction of sp³-hybridized carbons (Fsp3) is 0.579. The van der Waals surface area contributed by atoms with Crippen LogP contribution in [0, 0.1) is 5.82 Å². The predicted molar refractivity (Wildman–Crippen MR) is 101 cm³/mol. The highest BCUT2D eigenvalue weighted by molar-refractivity contribution is 5.85. The normalized spacial score (nSPS) is 12.7. The van der Waals surface area contributed by atoms with Crippen LogP contribution in [0.3, 0.4) is 0 Å². The molecule has 0 bridgehead atoms. The van der Waals surface area contributed by atoms with Crippen molar-refractivity contribution in [3.8, 4) is 0 Å². The molecule has 1 rings (SSSR count). The van der Waals surface area contributed by atoms with Gasteiger partial charge in [-0.05, 0) is 39.3 Å². The Morgan fingerprint density at radius 2 is 1.76 bits per heavy atom. The van der Waals surface area contributed by atoms with Crippen LogP contribution in [-0.4, -0.2) is 37.0 Å². The van der Waals surface area contributed by atoms with Gasteiger partial charge in [-0.1, -0.05) is 32.0 Å². The summed E-state index contributed by atoms with van der Waals surface area (Å²) in [5, 5.41) is 9.17. The summed E-state index contributed by atoms with van der Waals surface area (Å²) in [5.41, 5.74) is -0.0655. The van der Waals surface area contributed by atoms with Crippen molar-refractivity contribution < 1.29 is 9.18 Å². The van der Waals surface area contributed by atoms with Crippen molar-refractivity contribution in [2.45, 2.75) is 52.5 Å². The number of nitrogens with zero attached hydrogens (tertiary/aromatic N) is 1. The van der Waals surface area contributed by atoms with E-state index in [2.05, 4.69) is 20.9 Å². The van der Waals surface area contributed by atoms with Gasteiger partial charge in [-0.15, -0.1) is 0 Å². The lowest BCUT2D eigenvalue weighted by Crippen LogP contribution is -2.45. The summed E-state index contributed by atoms with van der Waals surface area (Å²) in [4.78, 5) is 16.2. The number of hydrogen-bond acceptors (Lipinski definition) is 2. The number of aliphatic imine (C=N–C) groups is 1. The van der Waals surface area contributed by atoms with Gasteiger partial charge in [0.05, 0.1) is 0 Å². The van der Waals surface area contributed by atoms with Gasteiger partial charge in [0, 0.05) is 24.0 Å². The molecular weight excluding hydrogens is 319 g/mol. The van der Waals surface area contributed by atoms with Crippen LogP contribution >= 0.6 is 0 Å². The van der Waals surface area contributed by atoms with Crippen LogP contribution in [0.5, 0.6) is 0 Å². The van der Waals surface area contributed by atoms with Gasteiger partial charge >= 0.3 is 0 Å². The summed E-state index contributed by atoms with van der Waals surface area (Å²) in [6, 6.07) is 6.77. The Morgan fingerprint density at radius 1 is 1.12 bits per heavy atom. The second-order valence-electron chi connectivity index (χ2n) is 7.71. The van der Waals surface area contributed by atoms with E-state index in [1.807, 2.05) is 47.6 Å². The van der Waals surface area contributed by atoms with Crippen molar-refractivity contribution in [3.63, 3.8) is 0 Å². The fourth-order valence-electron chi connectivity index (χ4n) is 2.36. The number of halogens is 1. The number of carbonyl (C=O) groups is 1. The molecule has 0 saturated heterocycles. The molecule has 25 heavy (non-hydrogen) atoms. The summed E-state index contributed by atoms with van der Waals surface area (Å²) in [5.74, 6) is 0.176. The molecule has 0 saturated carbocycles. The molecule has 0 aliphatic rings. The van der Waals surface area contributed by atoms with Crippen LogP contribution in [0.15, 0.2) is 29.3 Å². The molecule has 1 aromatic rings. The van der Waals surface area contributed by atoms with Crippen molar-refractivity contribution in [3.05, 3.63) is 35.6 Å². The van der Waals surface area contributed by atoms with Crippen LogP contribution in [0.2, 0.25) is 0 Å². The Hall–Kier alpha value is -2.11. The maximum Gasteiger partial charge on any atom is 0.242 e. The SMILES string of the molecule is CCNC(=NCC(=O)NC(C)(C)C)NCC(C)(C)c1ccccc1F. The third kappa shape index (κ3) is 7.54. The van der Waals surface area contributed by atoms with Gasteiger partial charge in [-0.2, -0.15) is 0 Å². The number of rotatable bonds is 6. The summed E-state index contributed by atoms with van der Waals surface area (Å²) in [6.45, 7) is 12.9. The standard InChI is InChI=1S/C19H31FN4O/c1-7-21-17(22-12-16(25)24-18(2,3)4)23-13-19(5,6)14-10-8-9-11-15(14)20/h8-11H,7,12-13H2,1-6H3,(H,24,25)(H2,21,22,23). The molecule has 0 unspecified atom stereocenters. The third-order valence-electron chi connectivity index (χ3n) is 3.54. The summed E-state index contributed by atoms with van der Waals surface area (Å²) in [7, 11) is 0. The molecule has 0 radical (unpaired) electrons. The Bertz CT molecular complexity index is 606. The summed E-state index contributed by atoms with van der Waals surface area (Å²) in [6.07, 6.45) is 0. The molecule has 0 aliphatic heterocycles. The second-order valence-corrected chi connectivity index (χ2v) is 7.71. The number of nitrogens with one attached hydrogen (secondary N) is 3. The zero-order valence-corrected chi connectivity index (χ0v) is 16.2. The van der Waals surface area contributed by atoms with Crippen LogP contribution in [0.4, 0.5) is 4.39 Å². The molecular formula is C19H31FN4O. The van der Waals surface area contributed by atoms with E-state index in [4.69, 9.17) is 0 Å². The number of benzene rings is 1. The van der Waals surface area contributed by atoms with Gasteiger partial charge < -0.3 is 16.0 Å². The number of guanidine groups is 1. The average molecular weight is 350 g/mol. The quantitative estimate of drug-likeness (QED) is 0.546. The smallest absolute Gasteiger partial charge is 0.242 e. The molecule has 1 aromatic carbocycles. The van der Waals surface area contributed by atoms with Gasteiger partial charge in [-0.3, -0.25) is 4.79 Å². The van der Waals surface area contributed by atoms with Crippen LogP contribution in [-0.2, 0) is 10.2 Å². The highest BCUT2D eigenvalue weighted by atomic mass is 19.1. The minimum Gasteiger partial charge on any atom is -0.357 e. The molecule has 1 amide bonds. The van der Waals surface area contributed by atoms with E-state index >= 15 is 0 Å². The molecule has 0 heterocycles. The maximum atomic E-state index is 14.0. The van der Waals surface area contributed by atoms with Crippen molar-refractivity contribution in [2.24, 2.45) is 4.99 Å². The zero-order chi connectivity index (χ0) is 19.1. The zero-order valence-electron chi connectivity index (χ0n) is 16.2. The first kappa shape index (κ1) is 20.9. The summed E-state index contributed by atoms with van der Waals surface area (Å²) >= 11 is 0. The lowest BCUT2D eigenvalue weighted by Gasteiger charge is -2.27. The number of hydrogen-bond donors (Lipinski definition) is 3. The van der Waals surface area contributed by atoms with E-state index in [-0.39, 0.29) is 23.8 Å². The minimum absolute atomic E-state index is 0.0345. The molecule has 140 valence electrons. The van der Waals surface area contributed by atoms with Crippen molar-refractivity contribution >= 4 is 11.9 Å². The minimum atomic E-state index is -0.421. The predicted octanol–water partition coefficient (Wildman–Crippen LogP) is 2.57. The Balaban J connectivity index is 2.73. The number of amides is 1. The first-order chi connectivity index (χ1) is 11.5. The molecule has 0 aliphatic carbocycles. The first-order valence-electron chi connectivity index (χ1n) is 8.63. The molecule has 0 aromatic heterocycles. The highest BCUT2D eigenvalue weighted by Gasteiger charge is 2.24. The molecule has 0 spiro atoms. The van der Waals surface area contributed by atoms with E-state index < -0.39 is 5.41 Å². The Morgan fingerprint density at radius 3 is 2.32 bits per heavy atom. The van der Waals surface area contributed by atoms with Gasteiger partial charge in [-0.25, -0.2) is 9.38 Å². The van der Waals surface area contributed by atoms with Gasteiger partial charge in [0.25, 0.3) is 0 Å². The maximum absolute atomic E-state index is 14.0. The van der Waals surface area contributed by atoms with Crippen molar-refractivity contribution in [1.82, 2.24) is 16.0 Å². The molecule has 0 atom stereocenters. The van der Waals surface area contributed by atoms with E-state index in [1.165, 1.54) is 6.07 Å². The molecule has 3 N–H and O–H groups in total. The fourth-order valence-corrected chi connectivity index (χ4v) is 2.36. The van der Waals surface area contributed by atoms with E-state index in [9.17, 15) is 9.18 Å². The van der Waals surface area contributed by atoms with Crippen molar-refractivity contribution in [2.75, 3.05) is 19.6 Å². The first-order valence-corrected chi connectivity index (χ1v) is 8.63. The summed E-state index contributed by atoms with van der Waals surface area (Å²) < 4.78 is 14.0. The average Bonchev–Trinajstić information content (AvgIpc) is 2.48. The monoisotopic (exact) mass is 350 g/mol. The topological polar surface area (TPSA) is 65.5 Å². The third-order valence-corrected chi connectivity index (χ3v) is 3.54. The lowest BCUT2D eigenvalue weighted by atomic mass is 9.84. The van der Waals surface area contributed by atoms with Crippen LogP contribution in [0.25, 0.3) is 0 Å². The highest BCUT2D eigenvalue weighted by Crippen LogP contribution is 2.24. The van der Waals surface area contributed by atoms with E-state index in [1.54, 1.807) is 12.1 Å². The molecule has 0 fully saturated rings. The second kappa shape index (κ2) is 8.83. The van der Waals surface area contributed by atoms with Crippen LogP contribution < -0.4 is 16.0 Å². The Kier molecular flexibility index (Phi) is 7.39. The van der Waals surface area contributed by atoms with Gasteiger partial charge in [0.1, 0.15) is 12.4 Å². The largest absolute Gasteiger partial charge is 0.357 e. The van der Waals surface area contributed by atoms with Crippen molar-refractivity contribution in [1.29, 1.82) is 0 Å². The van der Waals surface area contributed by atoms with Gasteiger partial charge in [0.2, 0.25) is 5.91 Å². The Labute approximate surface area is 150 Å². The van der Waals surface area contributed by atoms with Gasteiger partial charge in [0.15, 0.2) is 5.96 Å². The number of carbonyl (C=O) groups excluding carboxylic acids is 1.